The van der Waals surface area contributed by atoms with Crippen LogP contribution in [0.4, 0.5) is 5.69 Å². The summed E-state index contributed by atoms with van der Waals surface area (Å²) >= 11 is 0. The minimum atomic E-state index is -3.44. The summed E-state index contributed by atoms with van der Waals surface area (Å²) in [6, 6.07) is 11.1. The number of ether oxygens (including phenoxy) is 1. The third-order valence-electron chi connectivity index (χ3n) is 3.91. The standard InChI is InChI=1S/C17H18N2O5S/c1-19(25(3,21)22)10-17(20)18-13-9-15-12(8-16(13)23-2)11-6-4-5-7-14(11)24-15/h4-9H,10H2,1-3H3,(H,18,20). The summed E-state index contributed by atoms with van der Waals surface area (Å²) in [7, 11) is -0.592. The molecule has 0 atom stereocenters. The van der Waals surface area contributed by atoms with Crippen LogP contribution >= 0.6 is 0 Å². The van der Waals surface area contributed by atoms with Crippen LogP contribution in [0, 0.1) is 0 Å². The van der Waals surface area contributed by atoms with Crippen molar-refractivity contribution in [3.63, 3.8) is 0 Å². The molecule has 0 saturated heterocycles. The maximum Gasteiger partial charge on any atom is 0.239 e. The number of methoxy groups -OCH3 is 1. The van der Waals surface area contributed by atoms with Crippen molar-refractivity contribution in [2.75, 3.05) is 32.3 Å². The zero-order chi connectivity index (χ0) is 18.2. The smallest absolute Gasteiger partial charge is 0.239 e. The highest BCUT2D eigenvalue weighted by Gasteiger charge is 2.18. The second kappa shape index (κ2) is 6.38. The van der Waals surface area contributed by atoms with Gasteiger partial charge in [0, 0.05) is 23.9 Å². The van der Waals surface area contributed by atoms with Gasteiger partial charge in [-0.25, -0.2) is 8.42 Å². The lowest BCUT2D eigenvalue weighted by molar-refractivity contribution is -0.116. The Morgan fingerprint density at radius 1 is 1.20 bits per heavy atom. The summed E-state index contributed by atoms with van der Waals surface area (Å²) in [5.41, 5.74) is 1.76. The van der Waals surface area contributed by atoms with Gasteiger partial charge in [-0.1, -0.05) is 18.2 Å². The molecular weight excluding hydrogens is 344 g/mol. The number of carbonyl (C=O) groups excluding carboxylic acids is 1. The number of anilines is 1. The van der Waals surface area contributed by atoms with Crippen LogP contribution in [0.2, 0.25) is 0 Å². The summed E-state index contributed by atoms with van der Waals surface area (Å²) in [5, 5.41) is 4.49. The molecule has 0 aliphatic heterocycles. The largest absolute Gasteiger partial charge is 0.495 e. The third kappa shape index (κ3) is 3.45. The second-order valence-corrected chi connectivity index (χ2v) is 7.80. The predicted molar refractivity (Wildman–Crippen MR) is 96.4 cm³/mol. The molecule has 0 spiro atoms. The number of benzene rings is 2. The van der Waals surface area contributed by atoms with Crippen LogP contribution in [0.15, 0.2) is 40.8 Å². The molecule has 0 radical (unpaired) electrons. The van der Waals surface area contributed by atoms with Gasteiger partial charge in [0.1, 0.15) is 16.9 Å². The van der Waals surface area contributed by atoms with Crippen molar-refractivity contribution in [3.8, 4) is 5.75 Å². The van der Waals surface area contributed by atoms with Crippen LogP contribution in [-0.4, -0.2) is 45.6 Å². The molecule has 1 amide bonds. The maximum absolute atomic E-state index is 12.1. The molecular formula is C17H18N2O5S. The topological polar surface area (TPSA) is 88.9 Å². The number of hydrogen-bond acceptors (Lipinski definition) is 5. The lowest BCUT2D eigenvalue weighted by atomic mass is 10.1. The van der Waals surface area contributed by atoms with E-state index in [-0.39, 0.29) is 6.54 Å². The molecule has 132 valence electrons. The van der Waals surface area contributed by atoms with E-state index in [1.165, 1.54) is 14.2 Å². The highest BCUT2D eigenvalue weighted by atomic mass is 32.2. The van der Waals surface area contributed by atoms with Crippen molar-refractivity contribution >= 4 is 43.6 Å². The van der Waals surface area contributed by atoms with Gasteiger partial charge in [-0.2, -0.15) is 4.31 Å². The number of carbonyl (C=O) groups is 1. The summed E-state index contributed by atoms with van der Waals surface area (Å²) in [5.74, 6) is -0.00361. The van der Waals surface area contributed by atoms with E-state index in [2.05, 4.69) is 5.32 Å². The number of hydrogen-bond donors (Lipinski definition) is 1. The van der Waals surface area contributed by atoms with E-state index in [9.17, 15) is 13.2 Å². The van der Waals surface area contributed by atoms with Crippen LogP contribution in [0.3, 0.4) is 0 Å². The maximum atomic E-state index is 12.1. The van der Waals surface area contributed by atoms with Gasteiger partial charge < -0.3 is 14.5 Å². The second-order valence-electron chi connectivity index (χ2n) is 5.71. The Morgan fingerprint density at radius 3 is 2.60 bits per heavy atom. The number of likely N-dealkylation sites (N-methyl/N-ethyl adjacent to an activating group) is 1. The molecule has 1 heterocycles. The first-order valence-corrected chi connectivity index (χ1v) is 9.35. The van der Waals surface area contributed by atoms with E-state index in [1.807, 2.05) is 24.3 Å². The van der Waals surface area contributed by atoms with Crippen LogP contribution in [0.1, 0.15) is 0 Å². The van der Waals surface area contributed by atoms with Gasteiger partial charge in [0.25, 0.3) is 0 Å². The molecule has 0 aliphatic carbocycles. The number of amides is 1. The first-order chi connectivity index (χ1) is 11.8. The number of furan rings is 1. The fourth-order valence-electron chi connectivity index (χ4n) is 2.53. The molecule has 2 aromatic carbocycles. The Hall–Kier alpha value is -2.58. The normalized spacial score (nSPS) is 12.0. The molecule has 0 aliphatic rings. The zero-order valence-corrected chi connectivity index (χ0v) is 14.9. The van der Waals surface area contributed by atoms with E-state index in [0.29, 0.717) is 17.0 Å². The van der Waals surface area contributed by atoms with Crippen molar-refractivity contribution < 1.29 is 22.4 Å². The number of nitrogens with zero attached hydrogens (tertiary/aromatic N) is 1. The lowest BCUT2D eigenvalue weighted by Crippen LogP contribution is -2.34. The highest BCUT2D eigenvalue weighted by Crippen LogP contribution is 2.36. The summed E-state index contributed by atoms with van der Waals surface area (Å²) in [6.45, 7) is -0.292. The van der Waals surface area contributed by atoms with Crippen molar-refractivity contribution in [2.24, 2.45) is 0 Å². The molecule has 1 aromatic heterocycles. The fourth-order valence-corrected chi connectivity index (χ4v) is 2.88. The molecule has 1 N–H and O–H groups in total. The molecule has 0 unspecified atom stereocenters. The highest BCUT2D eigenvalue weighted by molar-refractivity contribution is 7.88. The third-order valence-corrected chi connectivity index (χ3v) is 5.17. The van der Waals surface area contributed by atoms with Crippen molar-refractivity contribution in [3.05, 3.63) is 36.4 Å². The van der Waals surface area contributed by atoms with Gasteiger partial charge in [-0.15, -0.1) is 0 Å². The molecule has 0 fully saturated rings. The summed E-state index contributed by atoms with van der Waals surface area (Å²) in [6.07, 6.45) is 1.04. The summed E-state index contributed by atoms with van der Waals surface area (Å²) < 4.78 is 35.0. The van der Waals surface area contributed by atoms with Gasteiger partial charge >= 0.3 is 0 Å². The predicted octanol–water partition coefficient (Wildman–Crippen LogP) is 2.42. The lowest BCUT2D eigenvalue weighted by Gasteiger charge is -2.15. The van der Waals surface area contributed by atoms with Crippen molar-refractivity contribution in [1.82, 2.24) is 4.31 Å². The van der Waals surface area contributed by atoms with E-state index >= 15 is 0 Å². The minimum absolute atomic E-state index is 0.292. The van der Waals surface area contributed by atoms with Gasteiger partial charge in [0.15, 0.2) is 0 Å². The Morgan fingerprint density at radius 2 is 1.92 bits per heavy atom. The van der Waals surface area contributed by atoms with Crippen LogP contribution in [-0.2, 0) is 14.8 Å². The van der Waals surface area contributed by atoms with Gasteiger partial charge in [-0.3, -0.25) is 4.79 Å². The number of sulfonamides is 1. The van der Waals surface area contributed by atoms with Crippen LogP contribution < -0.4 is 10.1 Å². The SMILES string of the molecule is COc1cc2c(cc1NC(=O)CN(C)S(C)(=O)=O)oc1ccccc12. The Balaban J connectivity index is 1.95. The van der Waals surface area contributed by atoms with E-state index < -0.39 is 15.9 Å². The van der Waals surface area contributed by atoms with E-state index in [1.54, 1.807) is 12.1 Å². The number of nitrogens with one attached hydrogen (secondary N) is 1. The van der Waals surface area contributed by atoms with E-state index in [4.69, 9.17) is 9.15 Å². The molecule has 8 heteroatoms. The summed E-state index contributed by atoms with van der Waals surface area (Å²) in [4.78, 5) is 12.1. The van der Waals surface area contributed by atoms with Gasteiger partial charge in [-0.05, 0) is 12.1 Å². The van der Waals surface area contributed by atoms with Crippen molar-refractivity contribution in [2.45, 2.75) is 0 Å². The van der Waals surface area contributed by atoms with Gasteiger partial charge in [0.05, 0.1) is 25.6 Å². The first-order valence-electron chi connectivity index (χ1n) is 7.50. The quantitative estimate of drug-likeness (QED) is 0.753. The molecule has 3 rings (SSSR count). The number of para-hydroxylation sites is 1. The average molecular weight is 362 g/mol. The van der Waals surface area contributed by atoms with Crippen molar-refractivity contribution in [1.29, 1.82) is 0 Å². The molecule has 0 saturated carbocycles. The number of rotatable bonds is 5. The minimum Gasteiger partial charge on any atom is -0.495 e. The molecule has 0 bridgehead atoms. The van der Waals surface area contributed by atoms with Crippen LogP contribution in [0.25, 0.3) is 21.9 Å². The van der Waals surface area contributed by atoms with E-state index in [0.717, 1.165) is 26.9 Å². The molecule has 7 nitrogen and oxygen atoms in total. The molecule has 3 aromatic rings. The van der Waals surface area contributed by atoms with Crippen LogP contribution in [0.5, 0.6) is 5.75 Å². The Labute approximate surface area is 145 Å². The zero-order valence-electron chi connectivity index (χ0n) is 14.1. The Bertz CT molecular complexity index is 1060. The molecule has 25 heavy (non-hydrogen) atoms. The monoisotopic (exact) mass is 362 g/mol. The Kier molecular flexibility index (Phi) is 4.40. The fraction of sp³-hybridized carbons (Fsp3) is 0.235. The van der Waals surface area contributed by atoms with Gasteiger partial charge in [0.2, 0.25) is 15.9 Å². The first kappa shape index (κ1) is 17.2. The number of fused-ring (bicyclic) bond motifs is 3. The average Bonchev–Trinajstić information content (AvgIpc) is 2.90.